The molecule has 0 unspecified atom stereocenters. The van der Waals surface area contributed by atoms with Gasteiger partial charge in [-0.2, -0.15) is 10.2 Å². The molecule has 0 spiro atoms. The number of rotatable bonds is 9. The lowest BCUT2D eigenvalue weighted by molar-refractivity contribution is 0.145. The van der Waals surface area contributed by atoms with Gasteiger partial charge in [0.1, 0.15) is 11.0 Å². The normalized spacial score (nSPS) is 11.1. The Balaban J connectivity index is 1.89. The van der Waals surface area contributed by atoms with Crippen LogP contribution in [0.1, 0.15) is 30.2 Å². The maximum atomic E-state index is 13.0. The van der Waals surface area contributed by atoms with E-state index < -0.39 is 0 Å². The highest BCUT2D eigenvalue weighted by Crippen LogP contribution is 2.19. The van der Waals surface area contributed by atoms with E-state index in [4.69, 9.17) is 28.6 Å². The van der Waals surface area contributed by atoms with E-state index in [1.165, 1.54) is 12.1 Å². The minimum Gasteiger partial charge on any atom is -0.382 e. The van der Waals surface area contributed by atoms with Gasteiger partial charge in [-0.15, -0.1) is 0 Å². The lowest BCUT2D eigenvalue weighted by atomic mass is 10.2. The number of hydrazone groups is 1. The average molecular weight is 412 g/mol. The van der Waals surface area contributed by atoms with Crippen LogP contribution in [0.4, 0.5) is 4.39 Å². The molecule has 2 aromatic rings. The quantitative estimate of drug-likeness (QED) is 0.287. The van der Waals surface area contributed by atoms with E-state index >= 15 is 0 Å². The first kappa shape index (κ1) is 21.3. The van der Waals surface area contributed by atoms with Gasteiger partial charge in [-0.25, -0.2) is 9.07 Å². The lowest BCUT2D eigenvalue weighted by Crippen LogP contribution is -2.33. The zero-order chi connectivity index (χ0) is 19.6. The summed E-state index contributed by atoms with van der Waals surface area (Å²) in [5.74, 6) is -0.275. The van der Waals surface area contributed by atoms with Crippen molar-refractivity contribution in [1.82, 2.24) is 20.5 Å². The molecule has 1 aromatic heterocycles. The van der Waals surface area contributed by atoms with Crippen molar-refractivity contribution in [1.29, 1.82) is 0 Å². The summed E-state index contributed by atoms with van der Waals surface area (Å²) in [4.78, 5) is 0. The summed E-state index contributed by atoms with van der Waals surface area (Å²) < 4.78 is 19.9. The Labute approximate surface area is 168 Å². The van der Waals surface area contributed by atoms with E-state index in [1.807, 2.05) is 13.8 Å². The molecule has 0 aliphatic rings. The van der Waals surface area contributed by atoms with Crippen LogP contribution >= 0.6 is 23.8 Å². The number of hydrogen-bond donors (Lipinski definition) is 2. The van der Waals surface area contributed by atoms with E-state index in [-0.39, 0.29) is 5.82 Å². The Hall–Kier alpha value is -2.03. The van der Waals surface area contributed by atoms with Crippen LogP contribution in [0.2, 0.25) is 5.15 Å². The van der Waals surface area contributed by atoms with Gasteiger partial charge < -0.3 is 10.1 Å². The van der Waals surface area contributed by atoms with Crippen molar-refractivity contribution in [2.24, 2.45) is 5.10 Å². The second kappa shape index (κ2) is 11.0. The van der Waals surface area contributed by atoms with Gasteiger partial charge in [-0.1, -0.05) is 23.7 Å². The van der Waals surface area contributed by atoms with E-state index in [9.17, 15) is 4.39 Å². The summed E-state index contributed by atoms with van der Waals surface area (Å²) in [6.45, 7) is 6.36. The van der Waals surface area contributed by atoms with Crippen LogP contribution < -0.4 is 10.7 Å². The first-order valence-corrected chi connectivity index (χ1v) is 9.42. The Morgan fingerprint density at radius 1 is 1.41 bits per heavy atom. The lowest BCUT2D eigenvalue weighted by Gasteiger charge is -2.06. The molecule has 0 atom stereocenters. The summed E-state index contributed by atoms with van der Waals surface area (Å²) in [6.07, 6.45) is 2.44. The van der Waals surface area contributed by atoms with Gasteiger partial charge in [0.25, 0.3) is 0 Å². The van der Waals surface area contributed by atoms with E-state index in [1.54, 1.807) is 23.0 Å². The molecule has 1 aromatic carbocycles. The highest BCUT2D eigenvalue weighted by molar-refractivity contribution is 7.80. The maximum Gasteiger partial charge on any atom is 0.186 e. The SMILES string of the molecule is CCOCCCNC(=S)N/N=C\c1c(C)nn(Cc2ccc(F)cc2)c1Cl. The standard InChI is InChI=1S/C18H23ClFN5OS/c1-3-26-10-4-9-21-18(27)23-22-11-16-13(2)24-25(17(16)19)12-14-5-7-15(20)8-6-14/h5-8,11H,3-4,9-10,12H2,1-2H3,(H2,21,23,27)/b22-11-. The van der Waals surface area contributed by atoms with Gasteiger partial charge in [-0.3, -0.25) is 5.43 Å². The summed E-state index contributed by atoms with van der Waals surface area (Å²) in [5, 5.41) is 12.5. The van der Waals surface area contributed by atoms with Crippen molar-refractivity contribution in [2.75, 3.05) is 19.8 Å². The van der Waals surface area contributed by atoms with Crippen LogP contribution in [0.5, 0.6) is 0 Å². The van der Waals surface area contributed by atoms with Crippen LogP contribution in [0, 0.1) is 12.7 Å². The predicted molar refractivity (Wildman–Crippen MR) is 110 cm³/mol. The molecular formula is C18H23ClFN5OS. The first-order chi connectivity index (χ1) is 13.0. The van der Waals surface area contributed by atoms with Crippen molar-refractivity contribution in [3.63, 3.8) is 0 Å². The largest absolute Gasteiger partial charge is 0.382 e. The van der Waals surface area contributed by atoms with Gasteiger partial charge in [0.15, 0.2) is 5.11 Å². The fourth-order valence-corrected chi connectivity index (χ4v) is 2.73. The number of benzene rings is 1. The molecule has 27 heavy (non-hydrogen) atoms. The van der Waals surface area contributed by atoms with Crippen LogP contribution in [0.3, 0.4) is 0 Å². The van der Waals surface area contributed by atoms with Crippen LogP contribution in [-0.4, -0.2) is 40.9 Å². The van der Waals surface area contributed by atoms with Crippen molar-refractivity contribution < 1.29 is 9.13 Å². The monoisotopic (exact) mass is 411 g/mol. The molecule has 0 radical (unpaired) electrons. The average Bonchev–Trinajstić information content (AvgIpc) is 2.91. The molecule has 2 rings (SSSR count). The Bertz CT molecular complexity index is 779. The number of ether oxygens (including phenoxy) is 1. The molecule has 1 heterocycles. The van der Waals surface area contributed by atoms with Crippen LogP contribution in [0.25, 0.3) is 0 Å². The summed E-state index contributed by atoms with van der Waals surface area (Å²) in [7, 11) is 0. The molecule has 9 heteroatoms. The van der Waals surface area contributed by atoms with Gasteiger partial charge >= 0.3 is 0 Å². The second-order valence-corrected chi connectivity index (χ2v) is 6.52. The smallest absolute Gasteiger partial charge is 0.186 e. The van der Waals surface area contributed by atoms with Gasteiger partial charge in [0, 0.05) is 19.8 Å². The number of hydrogen-bond acceptors (Lipinski definition) is 4. The van der Waals surface area contributed by atoms with Crippen LogP contribution in [0.15, 0.2) is 29.4 Å². The molecule has 0 amide bonds. The van der Waals surface area contributed by atoms with E-state index in [2.05, 4.69) is 20.9 Å². The van der Waals surface area contributed by atoms with Crippen molar-refractivity contribution in [3.05, 3.63) is 52.1 Å². The number of thiocarbonyl (C=S) groups is 1. The zero-order valence-electron chi connectivity index (χ0n) is 15.3. The molecule has 0 aliphatic carbocycles. The second-order valence-electron chi connectivity index (χ2n) is 5.75. The van der Waals surface area contributed by atoms with Gasteiger partial charge in [-0.05, 0) is 50.2 Å². The third kappa shape index (κ3) is 6.89. The predicted octanol–water partition coefficient (Wildman–Crippen LogP) is 3.26. The Morgan fingerprint density at radius 2 is 2.15 bits per heavy atom. The third-order valence-electron chi connectivity index (χ3n) is 3.67. The Morgan fingerprint density at radius 3 is 2.85 bits per heavy atom. The third-order valence-corrected chi connectivity index (χ3v) is 4.30. The minimum atomic E-state index is -0.275. The van der Waals surface area contributed by atoms with Gasteiger partial charge in [0.05, 0.1) is 24.0 Å². The first-order valence-electron chi connectivity index (χ1n) is 8.63. The fraction of sp³-hybridized carbons (Fsp3) is 0.389. The molecule has 0 fully saturated rings. The number of nitrogens with zero attached hydrogens (tertiary/aromatic N) is 3. The minimum absolute atomic E-state index is 0.275. The summed E-state index contributed by atoms with van der Waals surface area (Å²) in [6, 6.07) is 6.23. The highest BCUT2D eigenvalue weighted by atomic mass is 35.5. The number of aryl methyl sites for hydroxylation is 1. The zero-order valence-corrected chi connectivity index (χ0v) is 16.9. The van der Waals surface area contributed by atoms with E-state index in [0.29, 0.717) is 42.1 Å². The number of nitrogens with one attached hydrogen (secondary N) is 2. The van der Waals surface area contributed by atoms with Crippen molar-refractivity contribution in [3.8, 4) is 0 Å². The Kier molecular flexibility index (Phi) is 8.63. The molecule has 146 valence electrons. The molecule has 2 N–H and O–H groups in total. The number of halogens is 2. The number of aromatic nitrogens is 2. The highest BCUT2D eigenvalue weighted by Gasteiger charge is 2.12. The molecule has 0 bridgehead atoms. The van der Waals surface area contributed by atoms with Crippen molar-refractivity contribution in [2.45, 2.75) is 26.8 Å². The molecular weight excluding hydrogens is 389 g/mol. The van der Waals surface area contributed by atoms with Crippen LogP contribution in [-0.2, 0) is 11.3 Å². The molecule has 0 saturated carbocycles. The van der Waals surface area contributed by atoms with Gasteiger partial charge in [0.2, 0.25) is 0 Å². The fourth-order valence-electron chi connectivity index (χ4n) is 2.30. The molecule has 0 saturated heterocycles. The summed E-state index contributed by atoms with van der Waals surface area (Å²) in [5.41, 5.74) is 5.09. The maximum absolute atomic E-state index is 13.0. The van der Waals surface area contributed by atoms with Crippen molar-refractivity contribution >= 4 is 35.1 Å². The molecule has 6 nitrogen and oxygen atoms in total. The summed E-state index contributed by atoms with van der Waals surface area (Å²) >= 11 is 11.6. The van der Waals surface area contributed by atoms with E-state index in [0.717, 1.165) is 17.7 Å². The topological polar surface area (TPSA) is 63.5 Å². The molecule has 0 aliphatic heterocycles.